The predicted octanol–water partition coefficient (Wildman–Crippen LogP) is 1.64. The maximum Gasteiger partial charge on any atom is 0.242 e. The molecule has 0 bridgehead atoms. The highest BCUT2D eigenvalue weighted by Crippen LogP contribution is 2.14. The average molecular weight is 311 g/mol. The molecule has 0 aliphatic carbocycles. The van der Waals surface area contributed by atoms with E-state index in [9.17, 15) is 9.59 Å². The first-order chi connectivity index (χ1) is 8.60. The molecule has 0 saturated carbocycles. The summed E-state index contributed by atoms with van der Waals surface area (Å²) in [5, 5.41) is 0. The molecule has 18 heavy (non-hydrogen) atoms. The highest BCUT2D eigenvalue weighted by Gasteiger charge is 2.28. The van der Waals surface area contributed by atoms with Crippen molar-refractivity contribution in [3.63, 3.8) is 0 Å². The van der Waals surface area contributed by atoms with Gasteiger partial charge in [-0.25, -0.2) is 0 Å². The summed E-state index contributed by atoms with van der Waals surface area (Å²) in [5.74, 6) is 0.0357. The highest BCUT2D eigenvalue weighted by molar-refractivity contribution is 9.10. The van der Waals surface area contributed by atoms with Gasteiger partial charge < -0.3 is 9.80 Å². The van der Waals surface area contributed by atoms with Gasteiger partial charge in [0.25, 0.3) is 0 Å². The van der Waals surface area contributed by atoms with E-state index in [2.05, 4.69) is 15.9 Å². The first-order valence-electron chi connectivity index (χ1n) is 5.90. The van der Waals surface area contributed by atoms with Crippen molar-refractivity contribution >= 4 is 27.7 Å². The molecule has 96 valence electrons. The number of rotatable bonds is 3. The van der Waals surface area contributed by atoms with Crippen molar-refractivity contribution in [1.82, 2.24) is 9.80 Å². The first-order valence-corrected chi connectivity index (χ1v) is 6.69. The van der Waals surface area contributed by atoms with E-state index < -0.39 is 0 Å². The van der Waals surface area contributed by atoms with E-state index in [4.69, 9.17) is 0 Å². The van der Waals surface area contributed by atoms with Crippen molar-refractivity contribution in [2.75, 3.05) is 19.6 Å². The second-order valence-electron chi connectivity index (χ2n) is 4.28. The Morgan fingerprint density at radius 2 is 1.61 bits per heavy atom. The third-order valence-corrected chi connectivity index (χ3v) is 3.55. The summed E-state index contributed by atoms with van der Waals surface area (Å²) >= 11 is 3.37. The zero-order chi connectivity index (χ0) is 13.1. The van der Waals surface area contributed by atoms with Gasteiger partial charge in [0.05, 0.1) is 6.54 Å². The van der Waals surface area contributed by atoms with Gasteiger partial charge in [-0.3, -0.25) is 9.59 Å². The fourth-order valence-electron chi connectivity index (χ4n) is 1.95. The first kappa shape index (κ1) is 13.1. The van der Waals surface area contributed by atoms with Crippen LogP contribution in [0.5, 0.6) is 0 Å². The van der Waals surface area contributed by atoms with E-state index >= 15 is 0 Å². The van der Waals surface area contributed by atoms with Crippen molar-refractivity contribution in [3.8, 4) is 0 Å². The van der Waals surface area contributed by atoms with Crippen LogP contribution < -0.4 is 0 Å². The van der Waals surface area contributed by atoms with Crippen LogP contribution in [0, 0.1) is 0 Å². The van der Waals surface area contributed by atoms with E-state index in [1.807, 2.05) is 31.2 Å². The lowest BCUT2D eigenvalue weighted by molar-refractivity contribution is -0.150. The number of halogens is 1. The molecular weight excluding hydrogens is 296 g/mol. The Hall–Kier alpha value is -1.36. The van der Waals surface area contributed by atoms with Gasteiger partial charge in [-0.1, -0.05) is 28.1 Å². The third-order valence-electron chi connectivity index (χ3n) is 3.03. The van der Waals surface area contributed by atoms with Crippen molar-refractivity contribution < 1.29 is 9.59 Å². The summed E-state index contributed by atoms with van der Waals surface area (Å²) in [5.41, 5.74) is 1.03. The molecule has 1 aliphatic heterocycles. The maximum atomic E-state index is 11.9. The molecule has 1 fully saturated rings. The summed E-state index contributed by atoms with van der Waals surface area (Å²) in [4.78, 5) is 26.8. The third kappa shape index (κ3) is 2.90. The predicted molar refractivity (Wildman–Crippen MR) is 71.8 cm³/mol. The molecule has 1 aromatic rings. The Morgan fingerprint density at radius 1 is 1.06 bits per heavy atom. The number of amides is 2. The molecule has 2 amide bonds. The quantitative estimate of drug-likeness (QED) is 0.851. The number of benzene rings is 1. The number of piperazine rings is 1. The van der Waals surface area contributed by atoms with E-state index in [0.717, 1.165) is 10.0 Å². The summed E-state index contributed by atoms with van der Waals surface area (Å²) in [6, 6.07) is 7.77. The van der Waals surface area contributed by atoms with Crippen molar-refractivity contribution in [2.45, 2.75) is 13.5 Å². The Bertz CT molecular complexity index is 459. The second kappa shape index (κ2) is 5.52. The number of likely N-dealkylation sites (N-methyl/N-ethyl adjacent to an activating group) is 1. The number of hydrogen-bond donors (Lipinski definition) is 0. The monoisotopic (exact) mass is 310 g/mol. The zero-order valence-corrected chi connectivity index (χ0v) is 11.8. The number of carbonyl (C=O) groups excluding carboxylic acids is 2. The Morgan fingerprint density at radius 3 is 2.22 bits per heavy atom. The fraction of sp³-hybridized carbons (Fsp3) is 0.385. The molecule has 0 N–H and O–H groups in total. The average Bonchev–Trinajstić information content (AvgIpc) is 2.36. The lowest BCUT2D eigenvalue weighted by Gasteiger charge is -2.33. The molecule has 0 aromatic heterocycles. The van der Waals surface area contributed by atoms with E-state index in [-0.39, 0.29) is 24.9 Å². The van der Waals surface area contributed by atoms with Gasteiger partial charge in [-0.15, -0.1) is 0 Å². The van der Waals surface area contributed by atoms with Crippen LogP contribution in [-0.2, 0) is 16.1 Å². The Kier molecular flexibility index (Phi) is 4.01. The smallest absolute Gasteiger partial charge is 0.242 e. The molecule has 4 nitrogen and oxygen atoms in total. The summed E-state index contributed by atoms with van der Waals surface area (Å²) in [7, 11) is 0. The molecule has 0 radical (unpaired) electrons. The molecule has 2 rings (SSSR count). The van der Waals surface area contributed by atoms with Gasteiger partial charge in [-0.05, 0) is 24.6 Å². The molecule has 0 unspecified atom stereocenters. The van der Waals surface area contributed by atoms with Crippen LogP contribution in [0.3, 0.4) is 0 Å². The van der Waals surface area contributed by atoms with Crippen LogP contribution in [0.15, 0.2) is 28.7 Å². The van der Waals surface area contributed by atoms with Crippen LogP contribution in [-0.4, -0.2) is 41.2 Å². The molecule has 1 aliphatic rings. The van der Waals surface area contributed by atoms with Crippen molar-refractivity contribution in [1.29, 1.82) is 0 Å². The summed E-state index contributed by atoms with van der Waals surface area (Å²) in [6.45, 7) is 3.36. The molecular formula is C13H15BrN2O2. The number of nitrogens with zero attached hydrogens (tertiary/aromatic N) is 2. The minimum atomic E-state index is 0.0133. The van der Waals surface area contributed by atoms with Crippen molar-refractivity contribution in [2.24, 2.45) is 0 Å². The Balaban J connectivity index is 2.04. The van der Waals surface area contributed by atoms with E-state index in [1.54, 1.807) is 9.80 Å². The van der Waals surface area contributed by atoms with Gasteiger partial charge in [-0.2, -0.15) is 0 Å². The topological polar surface area (TPSA) is 40.6 Å². The molecule has 1 aromatic carbocycles. The molecule has 1 heterocycles. The van der Waals surface area contributed by atoms with Crippen molar-refractivity contribution in [3.05, 3.63) is 34.3 Å². The second-order valence-corrected chi connectivity index (χ2v) is 5.20. The Labute approximate surface area is 115 Å². The molecule has 0 spiro atoms. The van der Waals surface area contributed by atoms with Crippen LogP contribution in [0.2, 0.25) is 0 Å². The normalized spacial score (nSPS) is 16.3. The van der Waals surface area contributed by atoms with Gasteiger partial charge in [0, 0.05) is 17.6 Å². The minimum absolute atomic E-state index is 0.0133. The zero-order valence-electron chi connectivity index (χ0n) is 10.2. The minimum Gasteiger partial charge on any atom is -0.332 e. The van der Waals surface area contributed by atoms with E-state index in [1.165, 1.54) is 0 Å². The molecule has 0 atom stereocenters. The van der Waals surface area contributed by atoms with Gasteiger partial charge in [0.1, 0.15) is 6.54 Å². The van der Waals surface area contributed by atoms with Crippen LogP contribution in [0.1, 0.15) is 12.5 Å². The number of hydrogen-bond acceptors (Lipinski definition) is 2. The van der Waals surface area contributed by atoms with Crippen LogP contribution >= 0.6 is 15.9 Å². The van der Waals surface area contributed by atoms with Crippen LogP contribution in [0.4, 0.5) is 0 Å². The standard InChI is InChI=1S/C13H15BrN2O2/c1-2-15-8-13(18)16(9-12(15)17)7-10-3-5-11(14)6-4-10/h3-6H,2,7-9H2,1H3. The lowest BCUT2D eigenvalue weighted by Crippen LogP contribution is -2.53. The highest BCUT2D eigenvalue weighted by atomic mass is 79.9. The van der Waals surface area contributed by atoms with Crippen LogP contribution in [0.25, 0.3) is 0 Å². The van der Waals surface area contributed by atoms with Gasteiger partial charge in [0.15, 0.2) is 0 Å². The van der Waals surface area contributed by atoms with E-state index in [0.29, 0.717) is 13.1 Å². The number of carbonyl (C=O) groups is 2. The summed E-state index contributed by atoms with van der Waals surface area (Å²) < 4.78 is 1.00. The van der Waals surface area contributed by atoms with Gasteiger partial charge >= 0.3 is 0 Å². The summed E-state index contributed by atoms with van der Waals surface area (Å²) in [6.07, 6.45) is 0. The largest absolute Gasteiger partial charge is 0.332 e. The molecule has 5 heteroatoms. The maximum absolute atomic E-state index is 11.9. The SMILES string of the molecule is CCN1CC(=O)N(Cc2ccc(Br)cc2)CC1=O. The molecule has 1 saturated heterocycles. The fourth-order valence-corrected chi connectivity index (χ4v) is 2.21. The van der Waals surface area contributed by atoms with Gasteiger partial charge in [0.2, 0.25) is 11.8 Å². The lowest BCUT2D eigenvalue weighted by atomic mass is 10.2.